The first kappa shape index (κ1) is 14.4. The molecule has 0 radical (unpaired) electrons. The number of carbonyl (C=O) groups excluding carboxylic acids is 1. The van der Waals surface area contributed by atoms with E-state index in [9.17, 15) is 4.79 Å². The maximum Gasteiger partial charge on any atom is 0.338 e. The molecule has 3 rings (SSSR count). The van der Waals surface area contributed by atoms with E-state index in [-0.39, 0.29) is 0 Å². The van der Waals surface area contributed by atoms with Crippen LogP contribution in [0.1, 0.15) is 23.2 Å². The number of carbonyl (C=O) groups is 1. The van der Waals surface area contributed by atoms with Crippen LogP contribution in [-0.2, 0) is 4.74 Å². The molecule has 1 aliphatic heterocycles. The Labute approximate surface area is 129 Å². The number of methoxy groups -OCH3 is 1. The average Bonchev–Trinajstić information content (AvgIpc) is 3.09. The molecule has 0 N–H and O–H groups in total. The minimum Gasteiger partial charge on any atom is -0.465 e. The van der Waals surface area contributed by atoms with Crippen molar-refractivity contribution < 1.29 is 14.3 Å². The molecule has 0 bridgehead atoms. The number of hydrogen-bond donors (Lipinski definition) is 0. The Morgan fingerprint density at radius 1 is 1.14 bits per heavy atom. The summed E-state index contributed by atoms with van der Waals surface area (Å²) in [5, 5.41) is 0. The van der Waals surface area contributed by atoms with Crippen LogP contribution in [0.25, 0.3) is 0 Å². The first-order chi connectivity index (χ1) is 10.8. The Hall–Kier alpha value is -2.56. The molecule has 0 aliphatic carbocycles. The topological polar surface area (TPSA) is 51.7 Å². The average molecular weight is 298 g/mol. The van der Waals surface area contributed by atoms with Crippen molar-refractivity contribution >= 4 is 11.7 Å². The lowest BCUT2D eigenvalue weighted by Crippen LogP contribution is -2.17. The number of esters is 1. The summed E-state index contributed by atoms with van der Waals surface area (Å²) in [6, 6.07) is 11.1. The first-order valence-electron chi connectivity index (χ1n) is 7.33. The summed E-state index contributed by atoms with van der Waals surface area (Å²) in [6.07, 6.45) is 4.03. The summed E-state index contributed by atoms with van der Waals surface area (Å²) in [6.45, 7) is 2.23. The number of aromatic nitrogens is 1. The van der Waals surface area contributed by atoms with Crippen LogP contribution in [0, 0.1) is 0 Å². The van der Waals surface area contributed by atoms with Crippen LogP contribution in [0.3, 0.4) is 0 Å². The molecule has 0 atom stereocenters. The van der Waals surface area contributed by atoms with Crippen LogP contribution in [-0.4, -0.2) is 31.2 Å². The van der Waals surface area contributed by atoms with Gasteiger partial charge in [0.25, 0.3) is 0 Å². The predicted molar refractivity (Wildman–Crippen MR) is 83.5 cm³/mol. The lowest BCUT2D eigenvalue weighted by atomic mass is 10.2. The van der Waals surface area contributed by atoms with Gasteiger partial charge in [0.2, 0.25) is 5.88 Å². The van der Waals surface area contributed by atoms with Gasteiger partial charge < -0.3 is 14.4 Å². The second kappa shape index (κ2) is 6.47. The molecule has 0 spiro atoms. The van der Waals surface area contributed by atoms with Gasteiger partial charge in [-0.3, -0.25) is 0 Å². The molecule has 1 aromatic heterocycles. The molecule has 1 aliphatic rings. The summed E-state index contributed by atoms with van der Waals surface area (Å²) >= 11 is 0. The Morgan fingerprint density at radius 2 is 1.86 bits per heavy atom. The second-order valence-corrected chi connectivity index (χ2v) is 5.16. The van der Waals surface area contributed by atoms with Crippen molar-refractivity contribution in [3.63, 3.8) is 0 Å². The van der Waals surface area contributed by atoms with Crippen LogP contribution in [0.2, 0.25) is 0 Å². The smallest absolute Gasteiger partial charge is 0.338 e. The Balaban J connectivity index is 1.71. The van der Waals surface area contributed by atoms with Gasteiger partial charge in [0.05, 0.1) is 12.7 Å². The van der Waals surface area contributed by atoms with Crippen molar-refractivity contribution in [2.24, 2.45) is 0 Å². The van der Waals surface area contributed by atoms with Gasteiger partial charge in [-0.15, -0.1) is 0 Å². The molecule has 5 nitrogen and oxygen atoms in total. The Morgan fingerprint density at radius 3 is 2.55 bits per heavy atom. The van der Waals surface area contributed by atoms with Crippen LogP contribution >= 0.6 is 0 Å². The molecule has 2 aromatic rings. The van der Waals surface area contributed by atoms with Crippen molar-refractivity contribution in [3.8, 4) is 11.6 Å². The van der Waals surface area contributed by atoms with Crippen molar-refractivity contribution in [3.05, 3.63) is 48.2 Å². The predicted octanol–water partition coefficient (Wildman–Crippen LogP) is 3.26. The molecule has 1 aromatic carbocycles. The fraction of sp³-hybridized carbons (Fsp3) is 0.294. The van der Waals surface area contributed by atoms with Crippen LogP contribution < -0.4 is 9.64 Å². The van der Waals surface area contributed by atoms with Crippen LogP contribution in [0.5, 0.6) is 11.6 Å². The number of hydrogen-bond acceptors (Lipinski definition) is 5. The normalized spacial score (nSPS) is 14.0. The van der Waals surface area contributed by atoms with Gasteiger partial charge in [0, 0.05) is 31.0 Å². The Bertz CT molecular complexity index is 649. The zero-order valence-electron chi connectivity index (χ0n) is 12.5. The van der Waals surface area contributed by atoms with Crippen molar-refractivity contribution in [2.45, 2.75) is 12.8 Å². The van der Waals surface area contributed by atoms with E-state index in [0.717, 1.165) is 13.1 Å². The Kier molecular flexibility index (Phi) is 4.23. The molecule has 2 heterocycles. The molecule has 22 heavy (non-hydrogen) atoms. The summed E-state index contributed by atoms with van der Waals surface area (Å²) in [4.78, 5) is 18.0. The lowest BCUT2D eigenvalue weighted by molar-refractivity contribution is 0.0600. The highest BCUT2D eigenvalue weighted by molar-refractivity contribution is 5.89. The summed E-state index contributed by atoms with van der Waals surface area (Å²) in [7, 11) is 1.35. The zero-order chi connectivity index (χ0) is 15.4. The van der Waals surface area contributed by atoms with Gasteiger partial charge in [0.1, 0.15) is 5.75 Å². The maximum absolute atomic E-state index is 11.5. The molecule has 1 fully saturated rings. The van der Waals surface area contributed by atoms with E-state index in [1.54, 1.807) is 12.1 Å². The number of benzene rings is 1. The van der Waals surface area contributed by atoms with E-state index in [1.165, 1.54) is 31.8 Å². The number of anilines is 1. The summed E-state index contributed by atoms with van der Waals surface area (Å²) < 4.78 is 10.4. The highest BCUT2D eigenvalue weighted by atomic mass is 16.5. The van der Waals surface area contributed by atoms with Crippen LogP contribution in [0.4, 0.5) is 5.69 Å². The van der Waals surface area contributed by atoms with Crippen molar-refractivity contribution in [1.29, 1.82) is 0 Å². The number of pyridine rings is 1. The molecule has 5 heteroatoms. The maximum atomic E-state index is 11.5. The highest BCUT2D eigenvalue weighted by Crippen LogP contribution is 2.25. The van der Waals surface area contributed by atoms with E-state index in [2.05, 4.69) is 14.6 Å². The molecular formula is C17H18N2O3. The molecular weight excluding hydrogens is 280 g/mol. The molecule has 114 valence electrons. The quantitative estimate of drug-likeness (QED) is 0.811. The number of nitrogens with zero attached hydrogens (tertiary/aromatic N) is 2. The molecule has 0 saturated carbocycles. The van der Waals surface area contributed by atoms with Crippen LogP contribution in [0.15, 0.2) is 42.6 Å². The summed E-state index contributed by atoms with van der Waals surface area (Å²) in [5.41, 5.74) is 1.63. The van der Waals surface area contributed by atoms with E-state index >= 15 is 0 Å². The minimum absolute atomic E-state index is 0.372. The van der Waals surface area contributed by atoms with Gasteiger partial charge in [-0.25, -0.2) is 9.78 Å². The van der Waals surface area contributed by atoms with Crippen molar-refractivity contribution in [1.82, 2.24) is 4.98 Å². The van der Waals surface area contributed by atoms with Crippen molar-refractivity contribution in [2.75, 3.05) is 25.1 Å². The fourth-order valence-electron chi connectivity index (χ4n) is 2.53. The van der Waals surface area contributed by atoms with E-state index in [4.69, 9.17) is 4.74 Å². The van der Waals surface area contributed by atoms with E-state index in [1.807, 2.05) is 24.3 Å². The highest BCUT2D eigenvalue weighted by Gasteiger charge is 2.12. The standard InChI is InChI=1S/C17H18N2O3/c1-21-17(20)13-8-9-18-16(12-13)22-15-6-4-14(5-7-15)19-10-2-3-11-19/h4-9,12H,2-3,10-11H2,1H3. The second-order valence-electron chi connectivity index (χ2n) is 5.16. The lowest BCUT2D eigenvalue weighted by Gasteiger charge is -2.17. The number of rotatable bonds is 4. The molecule has 0 amide bonds. The van der Waals surface area contributed by atoms with E-state index < -0.39 is 5.97 Å². The third-order valence-corrected chi connectivity index (χ3v) is 3.69. The minimum atomic E-state index is -0.406. The molecule has 1 saturated heterocycles. The zero-order valence-corrected chi connectivity index (χ0v) is 12.5. The SMILES string of the molecule is COC(=O)c1ccnc(Oc2ccc(N3CCCC3)cc2)c1. The third kappa shape index (κ3) is 3.19. The van der Waals surface area contributed by atoms with E-state index in [0.29, 0.717) is 17.2 Å². The van der Waals surface area contributed by atoms with Gasteiger partial charge in [-0.05, 0) is 43.2 Å². The van der Waals surface area contributed by atoms with Gasteiger partial charge in [-0.1, -0.05) is 0 Å². The third-order valence-electron chi connectivity index (χ3n) is 3.69. The number of ether oxygens (including phenoxy) is 2. The first-order valence-corrected chi connectivity index (χ1v) is 7.33. The monoisotopic (exact) mass is 298 g/mol. The van der Waals surface area contributed by atoms with Gasteiger partial charge >= 0.3 is 5.97 Å². The summed E-state index contributed by atoms with van der Waals surface area (Å²) in [5.74, 6) is 0.658. The van der Waals surface area contributed by atoms with Gasteiger partial charge in [-0.2, -0.15) is 0 Å². The fourth-order valence-corrected chi connectivity index (χ4v) is 2.53. The van der Waals surface area contributed by atoms with Gasteiger partial charge in [0.15, 0.2) is 0 Å². The molecule has 0 unspecified atom stereocenters. The largest absolute Gasteiger partial charge is 0.465 e.